The SMILES string of the molecule is O=C(Cc1ccc(F)cc1)N[C@@H]1CC(C(=O)O)C[C@@H]1n1ccnn1. The summed E-state index contributed by atoms with van der Waals surface area (Å²) < 4.78 is 14.5. The molecule has 1 unspecified atom stereocenters. The summed E-state index contributed by atoms with van der Waals surface area (Å²) in [6.07, 6.45) is 4.02. The zero-order valence-corrected chi connectivity index (χ0v) is 12.8. The van der Waals surface area contributed by atoms with Crippen molar-refractivity contribution in [1.29, 1.82) is 0 Å². The lowest BCUT2D eigenvalue weighted by Gasteiger charge is -2.20. The van der Waals surface area contributed by atoms with E-state index in [0.717, 1.165) is 0 Å². The minimum absolute atomic E-state index is 0.110. The van der Waals surface area contributed by atoms with Gasteiger partial charge in [-0.3, -0.25) is 9.59 Å². The molecule has 2 aromatic rings. The number of benzene rings is 1. The number of carboxylic acids is 1. The average Bonchev–Trinajstić information content (AvgIpc) is 3.18. The van der Waals surface area contributed by atoms with Crippen LogP contribution in [0.3, 0.4) is 0 Å². The van der Waals surface area contributed by atoms with Gasteiger partial charge in [0.2, 0.25) is 5.91 Å². The van der Waals surface area contributed by atoms with Crippen LogP contribution in [0, 0.1) is 11.7 Å². The van der Waals surface area contributed by atoms with Crippen molar-refractivity contribution >= 4 is 11.9 Å². The molecule has 2 N–H and O–H groups in total. The van der Waals surface area contributed by atoms with E-state index in [4.69, 9.17) is 0 Å². The van der Waals surface area contributed by atoms with Gasteiger partial charge in [-0.2, -0.15) is 0 Å². The number of carbonyl (C=O) groups is 2. The van der Waals surface area contributed by atoms with E-state index < -0.39 is 11.9 Å². The predicted molar refractivity (Wildman–Crippen MR) is 81.5 cm³/mol. The second kappa shape index (κ2) is 6.77. The van der Waals surface area contributed by atoms with E-state index in [-0.39, 0.29) is 30.2 Å². The zero-order chi connectivity index (χ0) is 17.1. The van der Waals surface area contributed by atoms with Crippen LogP contribution in [0.2, 0.25) is 0 Å². The standard InChI is InChI=1S/C16H17FN4O3/c17-12-3-1-10(2-4-12)7-15(22)19-13-8-11(16(23)24)9-14(13)21-6-5-18-20-21/h1-6,11,13-14H,7-9H2,(H,19,22)(H,23,24)/t11?,13-,14+/m1/s1. The first-order valence-corrected chi connectivity index (χ1v) is 7.65. The fourth-order valence-corrected chi connectivity index (χ4v) is 3.10. The quantitative estimate of drug-likeness (QED) is 0.857. The van der Waals surface area contributed by atoms with Crippen molar-refractivity contribution in [1.82, 2.24) is 20.3 Å². The van der Waals surface area contributed by atoms with Gasteiger partial charge in [-0.1, -0.05) is 17.3 Å². The lowest BCUT2D eigenvalue weighted by Crippen LogP contribution is -2.39. The number of aromatic nitrogens is 3. The van der Waals surface area contributed by atoms with E-state index in [1.807, 2.05) is 0 Å². The molecule has 7 nitrogen and oxygen atoms in total. The van der Waals surface area contributed by atoms with Crippen LogP contribution in [0.25, 0.3) is 0 Å². The molecule has 24 heavy (non-hydrogen) atoms. The maximum Gasteiger partial charge on any atom is 0.306 e. The maximum absolute atomic E-state index is 12.9. The van der Waals surface area contributed by atoms with Crippen molar-refractivity contribution in [3.8, 4) is 0 Å². The fourth-order valence-electron chi connectivity index (χ4n) is 3.10. The van der Waals surface area contributed by atoms with Gasteiger partial charge < -0.3 is 10.4 Å². The Labute approximate surface area is 137 Å². The van der Waals surface area contributed by atoms with Crippen molar-refractivity contribution in [2.24, 2.45) is 5.92 Å². The first-order valence-electron chi connectivity index (χ1n) is 7.65. The number of rotatable bonds is 5. The Bertz CT molecular complexity index is 717. The molecule has 1 heterocycles. The largest absolute Gasteiger partial charge is 0.481 e. The molecule has 1 aromatic carbocycles. The summed E-state index contributed by atoms with van der Waals surface area (Å²) >= 11 is 0. The van der Waals surface area contributed by atoms with Crippen molar-refractivity contribution in [2.45, 2.75) is 31.3 Å². The zero-order valence-electron chi connectivity index (χ0n) is 12.8. The first kappa shape index (κ1) is 16.1. The number of aliphatic carboxylic acids is 1. The Morgan fingerprint density at radius 1 is 1.29 bits per heavy atom. The molecule has 1 aliphatic rings. The molecule has 0 saturated heterocycles. The third-order valence-electron chi connectivity index (χ3n) is 4.28. The number of carboxylic acid groups (broad SMARTS) is 1. The lowest BCUT2D eigenvalue weighted by atomic mass is 10.1. The molecule has 0 bridgehead atoms. The number of nitrogens with zero attached hydrogens (tertiary/aromatic N) is 3. The van der Waals surface area contributed by atoms with Gasteiger partial charge in [-0.15, -0.1) is 5.10 Å². The van der Waals surface area contributed by atoms with Gasteiger partial charge in [0.1, 0.15) is 5.82 Å². The highest BCUT2D eigenvalue weighted by atomic mass is 19.1. The van der Waals surface area contributed by atoms with Gasteiger partial charge in [-0.25, -0.2) is 9.07 Å². The fraction of sp³-hybridized carbons (Fsp3) is 0.375. The maximum atomic E-state index is 12.9. The minimum Gasteiger partial charge on any atom is -0.481 e. The van der Waals surface area contributed by atoms with Crippen molar-refractivity contribution in [3.63, 3.8) is 0 Å². The number of hydrogen-bond acceptors (Lipinski definition) is 4. The van der Waals surface area contributed by atoms with Gasteiger partial charge in [0.25, 0.3) is 0 Å². The second-order valence-corrected chi connectivity index (χ2v) is 5.93. The van der Waals surface area contributed by atoms with Crippen LogP contribution in [-0.4, -0.2) is 38.0 Å². The number of hydrogen-bond donors (Lipinski definition) is 2. The summed E-state index contributed by atoms with van der Waals surface area (Å²) in [5.74, 6) is -2.00. The van der Waals surface area contributed by atoms with E-state index >= 15 is 0 Å². The summed E-state index contributed by atoms with van der Waals surface area (Å²) in [5, 5.41) is 19.8. The lowest BCUT2D eigenvalue weighted by molar-refractivity contribution is -0.141. The molecular weight excluding hydrogens is 315 g/mol. The molecule has 1 saturated carbocycles. The highest BCUT2D eigenvalue weighted by Gasteiger charge is 2.40. The van der Waals surface area contributed by atoms with Gasteiger partial charge in [0.15, 0.2) is 0 Å². The molecule has 1 amide bonds. The first-order chi connectivity index (χ1) is 11.5. The predicted octanol–water partition coefficient (Wildman–Crippen LogP) is 1.18. The Balaban J connectivity index is 1.68. The molecule has 3 atom stereocenters. The van der Waals surface area contributed by atoms with E-state index in [0.29, 0.717) is 18.4 Å². The number of carbonyl (C=O) groups excluding carboxylic acids is 1. The van der Waals surface area contributed by atoms with Crippen LogP contribution in [-0.2, 0) is 16.0 Å². The highest BCUT2D eigenvalue weighted by molar-refractivity contribution is 5.79. The Morgan fingerprint density at radius 3 is 2.67 bits per heavy atom. The van der Waals surface area contributed by atoms with Crippen LogP contribution in [0.1, 0.15) is 24.4 Å². The molecule has 0 spiro atoms. The summed E-state index contributed by atoms with van der Waals surface area (Å²) in [6.45, 7) is 0. The van der Waals surface area contributed by atoms with Gasteiger partial charge in [0, 0.05) is 6.20 Å². The summed E-state index contributed by atoms with van der Waals surface area (Å²) in [6, 6.07) is 5.14. The molecule has 126 valence electrons. The van der Waals surface area contributed by atoms with Gasteiger partial charge in [0.05, 0.1) is 30.6 Å². The summed E-state index contributed by atoms with van der Waals surface area (Å²) in [4.78, 5) is 23.5. The van der Waals surface area contributed by atoms with Crippen molar-refractivity contribution < 1.29 is 19.1 Å². The Morgan fingerprint density at radius 2 is 2.04 bits per heavy atom. The Hall–Kier alpha value is -2.77. The minimum atomic E-state index is -0.879. The monoisotopic (exact) mass is 332 g/mol. The molecular formula is C16H17FN4O3. The van der Waals surface area contributed by atoms with Crippen LogP contribution in [0.15, 0.2) is 36.7 Å². The van der Waals surface area contributed by atoms with E-state index in [2.05, 4.69) is 15.6 Å². The number of nitrogens with one attached hydrogen (secondary N) is 1. The van der Waals surface area contributed by atoms with E-state index in [9.17, 15) is 19.1 Å². The van der Waals surface area contributed by atoms with Crippen LogP contribution in [0.4, 0.5) is 4.39 Å². The Kier molecular flexibility index (Phi) is 4.54. The molecule has 1 fully saturated rings. The summed E-state index contributed by atoms with van der Waals surface area (Å²) in [5.41, 5.74) is 0.694. The molecule has 1 aromatic heterocycles. The second-order valence-electron chi connectivity index (χ2n) is 5.93. The highest BCUT2D eigenvalue weighted by Crippen LogP contribution is 2.34. The van der Waals surface area contributed by atoms with E-state index in [1.54, 1.807) is 23.0 Å². The third-order valence-corrected chi connectivity index (χ3v) is 4.28. The van der Waals surface area contributed by atoms with E-state index in [1.165, 1.54) is 18.3 Å². The van der Waals surface area contributed by atoms with Gasteiger partial charge >= 0.3 is 5.97 Å². The molecule has 8 heteroatoms. The molecule has 1 aliphatic carbocycles. The van der Waals surface area contributed by atoms with Crippen molar-refractivity contribution in [3.05, 3.63) is 48.0 Å². The smallest absolute Gasteiger partial charge is 0.306 e. The molecule has 0 radical (unpaired) electrons. The average molecular weight is 332 g/mol. The normalized spacial score (nSPS) is 23.1. The third kappa shape index (κ3) is 3.58. The number of amides is 1. The molecule has 0 aliphatic heterocycles. The molecule has 3 rings (SSSR count). The van der Waals surface area contributed by atoms with Crippen LogP contribution >= 0.6 is 0 Å². The summed E-state index contributed by atoms with van der Waals surface area (Å²) in [7, 11) is 0. The van der Waals surface area contributed by atoms with Crippen LogP contribution < -0.4 is 5.32 Å². The van der Waals surface area contributed by atoms with Crippen molar-refractivity contribution in [2.75, 3.05) is 0 Å². The number of halogens is 1. The van der Waals surface area contributed by atoms with Crippen LogP contribution in [0.5, 0.6) is 0 Å². The topological polar surface area (TPSA) is 97.1 Å². The van der Waals surface area contributed by atoms with Gasteiger partial charge in [-0.05, 0) is 30.5 Å².